The van der Waals surface area contributed by atoms with Crippen LogP contribution in [0.25, 0.3) is 0 Å². The first-order valence-corrected chi connectivity index (χ1v) is 6.02. The Morgan fingerprint density at radius 3 is 2.60 bits per heavy atom. The van der Waals surface area contributed by atoms with E-state index in [2.05, 4.69) is 52.0 Å². The topological polar surface area (TPSA) is 0 Å². The lowest BCUT2D eigenvalue weighted by molar-refractivity contribution is 0.314. The molecule has 0 amide bonds. The van der Waals surface area contributed by atoms with Gasteiger partial charge in [0.15, 0.2) is 0 Å². The minimum absolute atomic E-state index is 0.347. The van der Waals surface area contributed by atoms with E-state index < -0.39 is 0 Å². The Morgan fingerprint density at radius 1 is 1.13 bits per heavy atom. The summed E-state index contributed by atoms with van der Waals surface area (Å²) >= 11 is 0. The monoisotopic (exact) mass is 202 g/mol. The molecule has 2 aliphatic carbocycles. The van der Waals surface area contributed by atoms with Crippen molar-refractivity contribution in [1.29, 1.82) is 0 Å². The maximum absolute atomic E-state index is 2.44. The zero-order valence-electron chi connectivity index (χ0n) is 10.4. The molecule has 0 aromatic carbocycles. The predicted molar refractivity (Wildman–Crippen MR) is 66.6 cm³/mol. The highest BCUT2D eigenvalue weighted by molar-refractivity contribution is 5.27. The zero-order chi connectivity index (χ0) is 11.1. The first kappa shape index (κ1) is 10.7. The first-order chi connectivity index (χ1) is 6.99. The number of fused-ring (bicyclic) bond motifs is 1. The molecule has 0 nitrogen and oxygen atoms in total. The van der Waals surface area contributed by atoms with Gasteiger partial charge in [0.1, 0.15) is 0 Å². The van der Waals surface area contributed by atoms with Crippen LogP contribution in [-0.4, -0.2) is 0 Å². The van der Waals surface area contributed by atoms with Gasteiger partial charge in [0.25, 0.3) is 0 Å². The highest BCUT2D eigenvalue weighted by Crippen LogP contribution is 2.44. The van der Waals surface area contributed by atoms with Crippen LogP contribution < -0.4 is 0 Å². The van der Waals surface area contributed by atoms with E-state index in [1.165, 1.54) is 12.8 Å². The fourth-order valence-electron chi connectivity index (χ4n) is 2.97. The minimum Gasteiger partial charge on any atom is -0.0847 e. The van der Waals surface area contributed by atoms with Crippen molar-refractivity contribution in [2.24, 2.45) is 17.3 Å². The van der Waals surface area contributed by atoms with Crippen molar-refractivity contribution in [2.45, 2.75) is 40.5 Å². The van der Waals surface area contributed by atoms with Crippen LogP contribution in [0.3, 0.4) is 0 Å². The van der Waals surface area contributed by atoms with Gasteiger partial charge in [0, 0.05) is 0 Å². The molecular formula is C15H22. The average Bonchev–Trinajstić information content (AvgIpc) is 2.45. The van der Waals surface area contributed by atoms with Crippen LogP contribution in [0.2, 0.25) is 0 Å². The van der Waals surface area contributed by atoms with Gasteiger partial charge in [-0.25, -0.2) is 0 Å². The molecule has 0 aromatic heterocycles. The highest BCUT2D eigenvalue weighted by atomic mass is 14.4. The fraction of sp³-hybridized carbons (Fsp3) is 0.600. The van der Waals surface area contributed by atoms with Gasteiger partial charge in [-0.05, 0) is 43.9 Å². The summed E-state index contributed by atoms with van der Waals surface area (Å²) in [5.41, 5.74) is 3.51. The van der Waals surface area contributed by atoms with Gasteiger partial charge in [-0.3, -0.25) is 0 Å². The molecule has 0 heterocycles. The first-order valence-electron chi connectivity index (χ1n) is 6.02. The Balaban J connectivity index is 2.33. The molecule has 0 fully saturated rings. The Kier molecular flexibility index (Phi) is 2.62. The molecule has 0 N–H and O–H groups in total. The molecule has 0 aromatic rings. The van der Waals surface area contributed by atoms with Gasteiger partial charge < -0.3 is 0 Å². The van der Waals surface area contributed by atoms with Crippen molar-refractivity contribution in [3.05, 3.63) is 35.5 Å². The second-order valence-electron chi connectivity index (χ2n) is 5.86. The van der Waals surface area contributed by atoms with Crippen LogP contribution >= 0.6 is 0 Å². The van der Waals surface area contributed by atoms with E-state index in [9.17, 15) is 0 Å². The smallest absolute Gasteiger partial charge is 0.0102 e. The van der Waals surface area contributed by atoms with Crippen LogP contribution in [0.15, 0.2) is 35.5 Å². The molecule has 15 heavy (non-hydrogen) atoms. The lowest BCUT2D eigenvalue weighted by atomic mass is 9.73. The molecule has 2 atom stereocenters. The van der Waals surface area contributed by atoms with Crippen LogP contribution in [0.4, 0.5) is 0 Å². The summed E-state index contributed by atoms with van der Waals surface area (Å²) in [6.45, 7) is 9.29. The molecule has 2 aliphatic rings. The normalized spacial score (nSPS) is 39.5. The molecule has 2 rings (SSSR count). The van der Waals surface area contributed by atoms with Gasteiger partial charge in [0.05, 0.1) is 0 Å². The summed E-state index contributed by atoms with van der Waals surface area (Å²) in [6, 6.07) is 0. The van der Waals surface area contributed by atoms with Gasteiger partial charge in [0.2, 0.25) is 0 Å². The van der Waals surface area contributed by atoms with Crippen LogP contribution in [0.1, 0.15) is 40.5 Å². The van der Waals surface area contributed by atoms with Gasteiger partial charge in [-0.1, -0.05) is 49.3 Å². The Hall–Kier alpha value is -0.780. The van der Waals surface area contributed by atoms with Crippen LogP contribution in [0.5, 0.6) is 0 Å². The van der Waals surface area contributed by atoms with E-state index in [1.807, 2.05) is 0 Å². The number of hydrogen-bond donors (Lipinski definition) is 0. The Morgan fingerprint density at radius 2 is 1.87 bits per heavy atom. The van der Waals surface area contributed by atoms with Gasteiger partial charge in [-0.15, -0.1) is 0 Å². The average molecular weight is 202 g/mol. The maximum atomic E-state index is 2.44. The molecule has 0 spiro atoms. The van der Waals surface area contributed by atoms with Crippen molar-refractivity contribution in [1.82, 2.24) is 0 Å². The van der Waals surface area contributed by atoms with E-state index in [-0.39, 0.29) is 0 Å². The molecule has 0 saturated heterocycles. The lowest BCUT2D eigenvalue weighted by Gasteiger charge is -2.31. The second-order valence-corrected chi connectivity index (χ2v) is 5.86. The van der Waals surface area contributed by atoms with E-state index in [0.29, 0.717) is 5.41 Å². The highest BCUT2D eigenvalue weighted by Gasteiger charge is 2.33. The third kappa shape index (κ3) is 2.09. The summed E-state index contributed by atoms with van der Waals surface area (Å²) in [5, 5.41) is 0. The molecule has 0 saturated carbocycles. The van der Waals surface area contributed by atoms with Crippen LogP contribution in [0, 0.1) is 17.3 Å². The quantitative estimate of drug-likeness (QED) is 0.507. The maximum Gasteiger partial charge on any atom is -0.0102 e. The third-order valence-corrected chi connectivity index (χ3v) is 4.00. The Bertz CT molecular complexity index is 339. The summed E-state index contributed by atoms with van der Waals surface area (Å²) in [4.78, 5) is 0. The molecule has 82 valence electrons. The molecule has 0 radical (unpaired) electrons. The standard InChI is InChI=1S/C15H22/c1-11-6-5-9-15(3,4)10-14-12(2)7-8-13(11)14/h5-7,9,13-14H,8,10H2,1-4H3/b9-5-,11-6-/t13-,14+/m1/s1. The number of hydrogen-bond acceptors (Lipinski definition) is 0. The predicted octanol–water partition coefficient (Wildman–Crippen LogP) is 4.50. The van der Waals surface area contributed by atoms with Crippen molar-refractivity contribution in [2.75, 3.05) is 0 Å². The zero-order valence-corrected chi connectivity index (χ0v) is 10.4. The van der Waals surface area contributed by atoms with E-state index >= 15 is 0 Å². The van der Waals surface area contributed by atoms with E-state index in [4.69, 9.17) is 0 Å². The largest absolute Gasteiger partial charge is 0.0847 e. The van der Waals surface area contributed by atoms with Crippen molar-refractivity contribution < 1.29 is 0 Å². The SMILES string of the molecule is CC1=CC[C@@H]2/C(C)=C\C=C/C(C)(C)C[C@@H]12. The summed E-state index contributed by atoms with van der Waals surface area (Å²) in [5.74, 6) is 1.55. The molecular weight excluding hydrogens is 180 g/mol. The van der Waals surface area contributed by atoms with E-state index in [1.54, 1.807) is 11.1 Å². The number of allylic oxidation sites excluding steroid dienone is 6. The molecule has 0 heteroatoms. The van der Waals surface area contributed by atoms with Crippen molar-refractivity contribution in [3.63, 3.8) is 0 Å². The summed E-state index contributed by atoms with van der Waals surface area (Å²) in [6.07, 6.45) is 11.9. The Labute approximate surface area is 93.8 Å². The molecule has 0 unspecified atom stereocenters. The second kappa shape index (κ2) is 3.66. The van der Waals surface area contributed by atoms with Crippen molar-refractivity contribution in [3.8, 4) is 0 Å². The molecule has 0 aliphatic heterocycles. The number of rotatable bonds is 0. The summed E-state index contributed by atoms with van der Waals surface area (Å²) < 4.78 is 0. The third-order valence-electron chi connectivity index (χ3n) is 4.00. The molecule has 0 bridgehead atoms. The summed E-state index contributed by atoms with van der Waals surface area (Å²) in [7, 11) is 0. The lowest BCUT2D eigenvalue weighted by Crippen LogP contribution is -2.21. The fourth-order valence-corrected chi connectivity index (χ4v) is 2.97. The van der Waals surface area contributed by atoms with E-state index in [0.717, 1.165) is 11.8 Å². The van der Waals surface area contributed by atoms with Gasteiger partial charge >= 0.3 is 0 Å². The van der Waals surface area contributed by atoms with Crippen molar-refractivity contribution >= 4 is 0 Å². The van der Waals surface area contributed by atoms with Crippen LogP contribution in [-0.2, 0) is 0 Å². The van der Waals surface area contributed by atoms with Gasteiger partial charge in [-0.2, -0.15) is 0 Å². The minimum atomic E-state index is 0.347.